The topological polar surface area (TPSA) is 80.3 Å². The Balaban J connectivity index is 1.84. The second-order valence-electron chi connectivity index (χ2n) is 3.77. The summed E-state index contributed by atoms with van der Waals surface area (Å²) in [6.45, 7) is 0. The zero-order chi connectivity index (χ0) is 13.9. The number of hydrogen-bond acceptors (Lipinski definition) is 7. The van der Waals surface area contributed by atoms with Crippen molar-refractivity contribution in [3.05, 3.63) is 59.9 Å². The van der Waals surface area contributed by atoms with Crippen LogP contribution in [0.25, 0.3) is 0 Å². The molecule has 0 N–H and O–H groups in total. The predicted molar refractivity (Wildman–Crippen MR) is 66.7 cm³/mol. The van der Waals surface area contributed by atoms with Gasteiger partial charge in [-0.25, -0.2) is 18.1 Å². The third-order valence-electron chi connectivity index (χ3n) is 2.40. The predicted octanol–water partition coefficient (Wildman–Crippen LogP) is 3.82. The largest absolute Gasteiger partial charge is 0.805 e. The van der Waals surface area contributed by atoms with Gasteiger partial charge in [0.25, 0.3) is 0 Å². The van der Waals surface area contributed by atoms with Crippen LogP contribution in [0.3, 0.4) is 0 Å². The minimum Gasteiger partial charge on any atom is -0.462 e. The van der Waals surface area contributed by atoms with E-state index in [-0.39, 0.29) is 12.2 Å². The van der Waals surface area contributed by atoms with Gasteiger partial charge in [-0.2, -0.15) is 0 Å². The first-order valence-electron chi connectivity index (χ1n) is 5.48. The van der Waals surface area contributed by atoms with Crippen molar-refractivity contribution in [1.82, 2.24) is 0 Å². The quantitative estimate of drug-likeness (QED) is 0.629. The number of ether oxygens (including phenoxy) is 1. The van der Waals surface area contributed by atoms with Crippen LogP contribution in [0.2, 0.25) is 0 Å². The van der Waals surface area contributed by atoms with Gasteiger partial charge in [0.15, 0.2) is 18.3 Å². The van der Waals surface area contributed by atoms with E-state index in [0.29, 0.717) is 17.1 Å². The lowest BCUT2D eigenvalue weighted by Gasteiger charge is -1.94. The lowest BCUT2D eigenvalue weighted by Crippen LogP contribution is -1.87. The Kier molecular flexibility index (Phi) is 3.54. The SMILES string of the molecule is O=[P+]1O/C=C2/C=CC=C2O[P+](=O)O/C=C2\CC(=CO2)O1. The summed E-state index contributed by atoms with van der Waals surface area (Å²) in [7, 11) is -4.78. The third kappa shape index (κ3) is 2.90. The Labute approximate surface area is 115 Å². The maximum Gasteiger partial charge on any atom is 0.805 e. The molecule has 0 saturated carbocycles. The molecule has 3 aliphatic rings. The van der Waals surface area contributed by atoms with E-state index in [1.54, 1.807) is 18.2 Å². The van der Waals surface area contributed by atoms with E-state index in [9.17, 15) is 9.13 Å². The Morgan fingerprint density at radius 1 is 0.950 bits per heavy atom. The lowest BCUT2D eigenvalue weighted by atomic mass is 10.3. The monoisotopic (exact) mass is 314 g/mol. The molecule has 0 spiro atoms. The van der Waals surface area contributed by atoms with Crippen LogP contribution in [0.4, 0.5) is 0 Å². The lowest BCUT2D eigenvalue weighted by molar-refractivity contribution is 0.306. The standard InChI is InChI=1S/C11H8O7P2/c12-19-15-5-8-2-1-3-11(8)18-20(13)16-7-9-4-10(17-19)6-14-9/h1-3,5-7H,4H2/q+2/b8-5-,9-7+. The maximum absolute atomic E-state index is 11.6. The molecular formula is C11H8O7P2+2. The Hall–Kier alpha value is -2.10. The van der Waals surface area contributed by atoms with E-state index in [4.69, 9.17) is 22.8 Å². The molecule has 0 aromatic heterocycles. The van der Waals surface area contributed by atoms with E-state index in [0.717, 1.165) is 0 Å². The summed E-state index contributed by atoms with van der Waals surface area (Å²) in [6.07, 6.45) is 8.78. The fraction of sp³-hybridized carbons (Fsp3) is 0.0909. The van der Waals surface area contributed by atoms with Crippen molar-refractivity contribution >= 4 is 16.5 Å². The van der Waals surface area contributed by atoms with Gasteiger partial charge in [0.1, 0.15) is 6.26 Å². The van der Waals surface area contributed by atoms with Gasteiger partial charge in [-0.1, -0.05) is 6.08 Å². The highest BCUT2D eigenvalue weighted by Gasteiger charge is 2.32. The summed E-state index contributed by atoms with van der Waals surface area (Å²) in [5.41, 5.74) is 0.478. The maximum atomic E-state index is 11.6. The van der Waals surface area contributed by atoms with Crippen molar-refractivity contribution in [2.24, 2.45) is 0 Å². The van der Waals surface area contributed by atoms with Crippen molar-refractivity contribution in [3.8, 4) is 0 Å². The highest BCUT2D eigenvalue weighted by molar-refractivity contribution is 7.33. The molecule has 2 aliphatic heterocycles. The van der Waals surface area contributed by atoms with E-state index in [1.165, 1.54) is 18.8 Å². The van der Waals surface area contributed by atoms with Gasteiger partial charge in [0.05, 0.1) is 12.0 Å². The van der Waals surface area contributed by atoms with Crippen LogP contribution >= 0.6 is 16.5 Å². The minimum atomic E-state index is -2.40. The molecule has 0 fully saturated rings. The van der Waals surface area contributed by atoms with E-state index >= 15 is 0 Å². The smallest absolute Gasteiger partial charge is 0.462 e. The number of fused-ring (bicyclic) bond motifs is 3. The normalized spacial score (nSPS) is 29.8. The van der Waals surface area contributed by atoms with Crippen LogP contribution < -0.4 is 0 Å². The minimum absolute atomic E-state index is 0.229. The molecule has 7 nitrogen and oxygen atoms in total. The van der Waals surface area contributed by atoms with Crippen LogP contribution in [0.15, 0.2) is 59.9 Å². The highest BCUT2D eigenvalue weighted by Crippen LogP contribution is 2.39. The first-order chi connectivity index (χ1) is 9.70. The van der Waals surface area contributed by atoms with Gasteiger partial charge < -0.3 is 4.74 Å². The van der Waals surface area contributed by atoms with E-state index in [2.05, 4.69) is 0 Å². The molecule has 0 radical (unpaired) electrons. The molecule has 2 heterocycles. The second-order valence-corrected chi connectivity index (χ2v) is 5.45. The molecule has 0 aromatic carbocycles. The van der Waals surface area contributed by atoms with Gasteiger partial charge in [0, 0.05) is 9.13 Å². The molecule has 2 atom stereocenters. The van der Waals surface area contributed by atoms with Crippen LogP contribution in [-0.2, 0) is 32.0 Å². The Morgan fingerprint density at radius 2 is 1.75 bits per heavy atom. The Morgan fingerprint density at radius 3 is 2.65 bits per heavy atom. The molecule has 3 rings (SSSR count). The van der Waals surface area contributed by atoms with Crippen LogP contribution in [0, 0.1) is 0 Å². The first-order valence-corrected chi connectivity index (χ1v) is 7.67. The summed E-state index contributed by atoms with van der Waals surface area (Å²) in [5, 5.41) is 0. The molecule has 1 aliphatic carbocycles. The fourth-order valence-electron chi connectivity index (χ4n) is 1.54. The summed E-state index contributed by atoms with van der Waals surface area (Å²) in [6, 6.07) is 0. The molecule has 20 heavy (non-hydrogen) atoms. The van der Waals surface area contributed by atoms with Gasteiger partial charge in [-0.3, -0.25) is 0 Å². The average Bonchev–Trinajstić information content (AvgIpc) is 3.03. The molecule has 0 amide bonds. The van der Waals surface area contributed by atoms with E-state index in [1.807, 2.05) is 0 Å². The zero-order valence-corrected chi connectivity index (χ0v) is 11.7. The van der Waals surface area contributed by atoms with Crippen LogP contribution in [0.5, 0.6) is 0 Å². The number of allylic oxidation sites excluding steroid dienone is 3. The first kappa shape index (κ1) is 12.9. The number of rotatable bonds is 0. The fourth-order valence-corrected chi connectivity index (χ4v) is 2.65. The summed E-state index contributed by atoms with van der Waals surface area (Å²) < 4.78 is 48.4. The van der Waals surface area contributed by atoms with E-state index < -0.39 is 16.5 Å². The summed E-state index contributed by atoms with van der Waals surface area (Å²) in [4.78, 5) is 0. The Bertz CT molecular complexity index is 627. The summed E-state index contributed by atoms with van der Waals surface area (Å²) >= 11 is 0. The average molecular weight is 314 g/mol. The molecule has 9 heteroatoms. The van der Waals surface area contributed by atoms with Crippen molar-refractivity contribution in [3.63, 3.8) is 0 Å². The molecule has 0 aromatic rings. The van der Waals surface area contributed by atoms with Crippen molar-refractivity contribution in [2.45, 2.75) is 6.42 Å². The van der Waals surface area contributed by atoms with Crippen LogP contribution in [-0.4, -0.2) is 0 Å². The summed E-state index contributed by atoms with van der Waals surface area (Å²) in [5.74, 6) is 0.978. The molecule has 102 valence electrons. The second kappa shape index (κ2) is 5.49. The molecule has 2 unspecified atom stereocenters. The van der Waals surface area contributed by atoms with Crippen LogP contribution in [0.1, 0.15) is 6.42 Å². The third-order valence-corrected chi connectivity index (χ3v) is 3.68. The molecule has 2 bridgehead atoms. The highest BCUT2D eigenvalue weighted by atomic mass is 31.1. The van der Waals surface area contributed by atoms with Gasteiger partial charge in [-0.05, 0) is 12.2 Å². The van der Waals surface area contributed by atoms with Gasteiger partial charge in [0.2, 0.25) is 11.5 Å². The van der Waals surface area contributed by atoms with Crippen molar-refractivity contribution < 1.29 is 32.0 Å². The van der Waals surface area contributed by atoms with Gasteiger partial charge >= 0.3 is 16.5 Å². The van der Waals surface area contributed by atoms with Crippen molar-refractivity contribution in [2.75, 3.05) is 0 Å². The molecule has 0 saturated heterocycles. The molecular weight excluding hydrogens is 306 g/mol. The number of hydrogen-bond donors (Lipinski definition) is 0. The van der Waals surface area contributed by atoms with Crippen molar-refractivity contribution in [1.29, 1.82) is 0 Å². The zero-order valence-electron chi connectivity index (χ0n) is 9.92. The van der Waals surface area contributed by atoms with Gasteiger partial charge in [-0.15, -0.1) is 0 Å².